The molecule has 0 spiro atoms. The number of amides is 2. The number of benzene rings is 3. The fraction of sp³-hybridized carbons (Fsp3) is 0.405. The molecule has 11 nitrogen and oxygen atoms in total. The van der Waals surface area contributed by atoms with E-state index in [2.05, 4.69) is 10.6 Å². The van der Waals surface area contributed by atoms with Crippen molar-refractivity contribution in [3.8, 4) is 16.9 Å². The van der Waals surface area contributed by atoms with Gasteiger partial charge < -0.3 is 34.7 Å². The van der Waals surface area contributed by atoms with Gasteiger partial charge in [-0.3, -0.25) is 0 Å². The molecule has 256 valence electrons. The van der Waals surface area contributed by atoms with Crippen molar-refractivity contribution in [1.82, 2.24) is 10.6 Å². The Morgan fingerprint density at radius 1 is 0.771 bits per heavy atom. The second-order valence-corrected chi connectivity index (χ2v) is 13.7. The number of carboxylic acids is 1. The number of esters is 1. The van der Waals surface area contributed by atoms with E-state index >= 15 is 0 Å². The van der Waals surface area contributed by atoms with E-state index in [-0.39, 0.29) is 18.9 Å². The molecule has 0 saturated heterocycles. The van der Waals surface area contributed by atoms with Gasteiger partial charge >= 0.3 is 24.1 Å². The number of hydrogen-bond donors (Lipinski definition) is 3. The molecule has 0 saturated carbocycles. The molecule has 0 fully saturated rings. The van der Waals surface area contributed by atoms with Gasteiger partial charge in [-0.1, -0.05) is 60.7 Å². The van der Waals surface area contributed by atoms with Crippen LogP contribution in [0.5, 0.6) is 5.75 Å². The monoisotopic (exact) mass is 660 g/mol. The summed E-state index contributed by atoms with van der Waals surface area (Å²) in [4.78, 5) is 51.1. The Kier molecular flexibility index (Phi) is 11.0. The summed E-state index contributed by atoms with van der Waals surface area (Å²) in [6.07, 6.45) is -3.15. The maximum Gasteiger partial charge on any atom is 0.408 e. The molecule has 0 bridgehead atoms. The molecule has 3 unspecified atom stereocenters. The van der Waals surface area contributed by atoms with Crippen molar-refractivity contribution in [2.24, 2.45) is 0 Å². The number of alkyl carbamates (subject to hydrolysis) is 2. The standard InChI is InChI=1S/C37H44N2O9/c1-22(31(32(40)41)39-35(44)48-37(5,6)7)46-33(42)30(20-23-16-18-24(19-17-23)47-36(2,3)4)38-34(43)45-21-29-27-14-10-8-12-25(27)26-13-9-11-15-28(26)29/h8-19,22,29-31H,20-21H2,1-7H3,(H,38,43)(H,39,44)(H,40,41). The molecule has 3 aromatic rings. The number of fused-ring (bicyclic) bond motifs is 3. The minimum absolute atomic E-state index is 0.00276. The number of carbonyl (C=O) groups is 4. The zero-order chi connectivity index (χ0) is 35.2. The fourth-order valence-corrected chi connectivity index (χ4v) is 5.41. The van der Waals surface area contributed by atoms with Crippen LogP contribution in [-0.4, -0.2) is 65.2 Å². The average Bonchev–Trinajstić information content (AvgIpc) is 3.31. The van der Waals surface area contributed by atoms with Gasteiger partial charge in [-0.15, -0.1) is 0 Å². The smallest absolute Gasteiger partial charge is 0.408 e. The van der Waals surface area contributed by atoms with E-state index in [0.29, 0.717) is 11.3 Å². The zero-order valence-electron chi connectivity index (χ0n) is 28.4. The van der Waals surface area contributed by atoms with Crippen molar-refractivity contribution >= 4 is 24.1 Å². The van der Waals surface area contributed by atoms with E-state index in [9.17, 15) is 24.3 Å². The average molecular weight is 661 g/mol. The highest BCUT2D eigenvalue weighted by atomic mass is 16.6. The third-order valence-corrected chi connectivity index (χ3v) is 7.42. The Morgan fingerprint density at radius 3 is 1.85 bits per heavy atom. The van der Waals surface area contributed by atoms with E-state index in [4.69, 9.17) is 18.9 Å². The van der Waals surface area contributed by atoms with Crippen molar-refractivity contribution in [1.29, 1.82) is 0 Å². The normalized spacial score (nSPS) is 14.4. The van der Waals surface area contributed by atoms with Crippen LogP contribution in [0.3, 0.4) is 0 Å². The molecule has 48 heavy (non-hydrogen) atoms. The van der Waals surface area contributed by atoms with E-state index < -0.39 is 53.5 Å². The molecule has 0 heterocycles. The number of carbonyl (C=O) groups excluding carboxylic acids is 3. The first-order valence-electron chi connectivity index (χ1n) is 15.8. The molecule has 3 atom stereocenters. The van der Waals surface area contributed by atoms with E-state index in [1.165, 1.54) is 6.92 Å². The van der Waals surface area contributed by atoms with Crippen LogP contribution in [-0.2, 0) is 30.2 Å². The number of nitrogens with one attached hydrogen (secondary N) is 2. The fourth-order valence-electron chi connectivity index (χ4n) is 5.41. The predicted molar refractivity (Wildman–Crippen MR) is 179 cm³/mol. The lowest BCUT2D eigenvalue weighted by Gasteiger charge is -2.26. The van der Waals surface area contributed by atoms with Crippen molar-refractivity contribution in [3.05, 3.63) is 89.5 Å². The minimum Gasteiger partial charge on any atom is -0.488 e. The highest BCUT2D eigenvalue weighted by Gasteiger charge is 2.35. The number of rotatable bonds is 11. The van der Waals surface area contributed by atoms with Crippen LogP contribution in [0, 0.1) is 0 Å². The first-order chi connectivity index (χ1) is 22.5. The maximum atomic E-state index is 13.5. The Labute approximate surface area is 280 Å². The second kappa shape index (κ2) is 14.8. The molecule has 2 amide bonds. The van der Waals surface area contributed by atoms with Gasteiger partial charge in [0.15, 0.2) is 6.04 Å². The lowest BCUT2D eigenvalue weighted by atomic mass is 9.98. The number of aliphatic carboxylic acids is 1. The highest BCUT2D eigenvalue weighted by molar-refractivity contribution is 5.84. The van der Waals surface area contributed by atoms with E-state index in [1.807, 2.05) is 69.3 Å². The van der Waals surface area contributed by atoms with E-state index in [1.54, 1.807) is 45.0 Å². The summed E-state index contributed by atoms with van der Waals surface area (Å²) in [6.45, 7) is 12.0. The minimum atomic E-state index is -1.62. The molecule has 3 N–H and O–H groups in total. The molecule has 3 aromatic carbocycles. The first kappa shape index (κ1) is 35.8. The Hall–Kier alpha value is -5.06. The van der Waals surface area contributed by atoms with Crippen LogP contribution in [0.4, 0.5) is 9.59 Å². The highest BCUT2D eigenvalue weighted by Crippen LogP contribution is 2.44. The van der Waals surface area contributed by atoms with Gasteiger partial charge in [-0.25, -0.2) is 19.2 Å². The largest absolute Gasteiger partial charge is 0.488 e. The molecule has 1 aliphatic rings. The van der Waals surface area contributed by atoms with Gasteiger partial charge in [0.1, 0.15) is 35.7 Å². The second-order valence-electron chi connectivity index (χ2n) is 13.7. The van der Waals surface area contributed by atoms with Crippen LogP contribution < -0.4 is 15.4 Å². The van der Waals surface area contributed by atoms with Gasteiger partial charge in [-0.2, -0.15) is 0 Å². The molecule has 0 radical (unpaired) electrons. The summed E-state index contributed by atoms with van der Waals surface area (Å²) >= 11 is 0. The summed E-state index contributed by atoms with van der Waals surface area (Å²) in [7, 11) is 0. The van der Waals surface area contributed by atoms with E-state index in [0.717, 1.165) is 22.3 Å². The van der Waals surface area contributed by atoms with Gasteiger partial charge in [0, 0.05) is 12.3 Å². The summed E-state index contributed by atoms with van der Waals surface area (Å²) in [5.41, 5.74) is 3.60. The van der Waals surface area contributed by atoms with Crippen LogP contribution in [0.25, 0.3) is 11.1 Å². The molecule has 11 heteroatoms. The predicted octanol–water partition coefficient (Wildman–Crippen LogP) is 6.22. The molecule has 0 aromatic heterocycles. The molecular formula is C37H44N2O9. The van der Waals surface area contributed by atoms with Crippen LogP contribution >= 0.6 is 0 Å². The lowest BCUT2D eigenvalue weighted by molar-refractivity contribution is -0.156. The molecule has 1 aliphatic carbocycles. The van der Waals surface area contributed by atoms with Crippen molar-refractivity contribution in [3.63, 3.8) is 0 Å². The number of ether oxygens (including phenoxy) is 4. The third-order valence-electron chi connectivity index (χ3n) is 7.42. The van der Waals surface area contributed by atoms with Gasteiger partial charge in [0.2, 0.25) is 0 Å². The van der Waals surface area contributed by atoms with Crippen LogP contribution in [0.1, 0.15) is 71.1 Å². The molecule has 4 rings (SSSR count). The van der Waals surface area contributed by atoms with Crippen LogP contribution in [0.2, 0.25) is 0 Å². The van der Waals surface area contributed by atoms with Gasteiger partial charge in [0.25, 0.3) is 0 Å². The molecular weight excluding hydrogens is 616 g/mol. The van der Waals surface area contributed by atoms with Crippen LogP contribution in [0.15, 0.2) is 72.8 Å². The quantitative estimate of drug-likeness (QED) is 0.161. The zero-order valence-corrected chi connectivity index (χ0v) is 28.4. The van der Waals surface area contributed by atoms with Crippen molar-refractivity contribution < 1.29 is 43.2 Å². The summed E-state index contributed by atoms with van der Waals surface area (Å²) in [5, 5.41) is 14.6. The Balaban J connectivity index is 1.49. The summed E-state index contributed by atoms with van der Waals surface area (Å²) in [5.74, 6) is -1.92. The SMILES string of the molecule is CC(OC(=O)C(Cc1ccc(OC(C)(C)C)cc1)NC(=O)OCC1c2ccccc2-c2ccccc21)C(NC(=O)OC(C)(C)C)C(=O)O. The topological polar surface area (TPSA) is 149 Å². The van der Waals surface area contributed by atoms with Crippen molar-refractivity contribution in [2.75, 3.05) is 6.61 Å². The lowest BCUT2D eigenvalue weighted by Crippen LogP contribution is -2.52. The summed E-state index contributed by atoms with van der Waals surface area (Å²) < 4.78 is 22.2. The first-order valence-corrected chi connectivity index (χ1v) is 15.8. The number of carboxylic acid groups (broad SMARTS) is 1. The Morgan fingerprint density at radius 2 is 1.33 bits per heavy atom. The van der Waals surface area contributed by atoms with Crippen molar-refractivity contribution in [2.45, 2.75) is 90.2 Å². The molecule has 0 aliphatic heterocycles. The summed E-state index contributed by atoms with van der Waals surface area (Å²) in [6, 6.07) is 20.0. The van der Waals surface area contributed by atoms with Gasteiger partial charge in [0.05, 0.1) is 0 Å². The number of hydrogen-bond acceptors (Lipinski definition) is 8. The van der Waals surface area contributed by atoms with Gasteiger partial charge in [-0.05, 0) is 88.4 Å². The third kappa shape index (κ3) is 9.73. The maximum absolute atomic E-state index is 13.5. The Bertz CT molecular complexity index is 1580.